The van der Waals surface area contributed by atoms with Gasteiger partial charge in [-0.05, 0) is 120 Å². The molecule has 0 saturated carbocycles. The maximum Gasteiger partial charge on any atom is 0.414 e. The predicted octanol–water partition coefficient (Wildman–Crippen LogP) is 5.92. The summed E-state index contributed by atoms with van der Waals surface area (Å²) in [6.07, 6.45) is -0.133. The average molecular weight is 701 g/mol. The first kappa shape index (κ1) is 42.6. The van der Waals surface area contributed by atoms with Crippen molar-refractivity contribution in [3.8, 4) is 0 Å². The van der Waals surface area contributed by atoms with Gasteiger partial charge in [0.2, 0.25) is 0 Å². The monoisotopic (exact) mass is 700 g/mol. The van der Waals surface area contributed by atoms with Gasteiger partial charge in [0.05, 0.1) is 25.3 Å². The zero-order chi connectivity index (χ0) is 37.3. The van der Waals surface area contributed by atoms with Crippen LogP contribution in [0.3, 0.4) is 0 Å². The van der Waals surface area contributed by atoms with E-state index in [0.717, 1.165) is 11.8 Å². The van der Waals surface area contributed by atoms with Gasteiger partial charge < -0.3 is 24.3 Å². The number of hydrogen-bond acceptors (Lipinski definition) is 11. The molecule has 1 unspecified atom stereocenters. The quantitative estimate of drug-likeness (QED) is 0.148. The molecule has 0 aliphatic heterocycles. The zero-order valence-electron chi connectivity index (χ0n) is 30.8. The summed E-state index contributed by atoms with van der Waals surface area (Å²) in [7, 11) is -3.73. The molecule has 2 amide bonds. The topological polar surface area (TPSA) is 164 Å². The third-order valence-electron chi connectivity index (χ3n) is 5.88. The van der Waals surface area contributed by atoms with E-state index in [2.05, 4.69) is 5.32 Å². The smallest absolute Gasteiger partial charge is 0.414 e. The molecule has 0 aliphatic rings. The number of nitrogens with zero attached hydrogens (tertiary/aromatic N) is 1. The largest absolute Gasteiger partial charge is 0.460 e. The van der Waals surface area contributed by atoms with Crippen molar-refractivity contribution in [1.29, 1.82) is 0 Å². The summed E-state index contributed by atoms with van der Waals surface area (Å²) in [5.41, 5.74) is -2.05. The highest BCUT2D eigenvalue weighted by Gasteiger charge is 2.32. The molecule has 0 radical (unpaired) electrons. The zero-order valence-corrected chi connectivity index (χ0v) is 31.7. The lowest BCUT2D eigenvalue weighted by molar-refractivity contribution is -0.162. The maximum atomic E-state index is 13.4. The van der Waals surface area contributed by atoms with Gasteiger partial charge in [-0.1, -0.05) is 12.1 Å². The molecular formula is C34H56N2O11S. The molecule has 0 aliphatic carbocycles. The van der Waals surface area contributed by atoms with Gasteiger partial charge in [0.25, 0.3) is 10.1 Å². The van der Waals surface area contributed by atoms with E-state index in [1.54, 1.807) is 107 Å². The normalized spacial score (nSPS) is 13.9. The number of ether oxygens (including phenoxy) is 4. The highest BCUT2D eigenvalue weighted by Crippen LogP contribution is 2.25. The van der Waals surface area contributed by atoms with Crippen LogP contribution in [0.1, 0.15) is 101 Å². The number of amides is 2. The number of carbonyl (C=O) groups is 4. The van der Waals surface area contributed by atoms with Crippen LogP contribution in [-0.2, 0) is 49.3 Å². The van der Waals surface area contributed by atoms with Crippen molar-refractivity contribution >= 4 is 39.9 Å². The SMILES string of the molecule is CC(C)(C)OC(=O)N[C@@H](CCC(Cc1ccc(N(CCOS(C)(=O)=O)C(=O)OC(C)(C)C)cc1)C(=O)OC(C)(C)C)C(=O)OC(C)(C)C. The molecule has 48 heavy (non-hydrogen) atoms. The summed E-state index contributed by atoms with van der Waals surface area (Å²) in [6, 6.07) is 5.67. The Hall–Kier alpha value is -3.39. The van der Waals surface area contributed by atoms with Crippen LogP contribution < -0.4 is 10.2 Å². The number of rotatable bonds is 13. The van der Waals surface area contributed by atoms with Crippen molar-refractivity contribution in [3.05, 3.63) is 29.8 Å². The van der Waals surface area contributed by atoms with Crippen molar-refractivity contribution in [3.63, 3.8) is 0 Å². The van der Waals surface area contributed by atoms with Crippen LogP contribution >= 0.6 is 0 Å². The van der Waals surface area contributed by atoms with Crippen LogP contribution in [0.25, 0.3) is 0 Å². The molecule has 1 rings (SSSR count). The van der Waals surface area contributed by atoms with Crippen molar-refractivity contribution in [2.24, 2.45) is 5.92 Å². The molecule has 0 aromatic heterocycles. The van der Waals surface area contributed by atoms with E-state index in [0.29, 0.717) is 5.69 Å². The van der Waals surface area contributed by atoms with Gasteiger partial charge in [0.15, 0.2) is 0 Å². The fourth-order valence-electron chi connectivity index (χ4n) is 4.15. The Morgan fingerprint density at radius 1 is 0.708 bits per heavy atom. The van der Waals surface area contributed by atoms with Gasteiger partial charge in [-0.25, -0.2) is 14.4 Å². The number of hydrogen-bond donors (Lipinski definition) is 1. The second-order valence-electron chi connectivity index (χ2n) is 15.6. The third kappa shape index (κ3) is 18.8. The Bertz CT molecular complexity index is 1350. The van der Waals surface area contributed by atoms with Crippen molar-refractivity contribution < 1.29 is 50.7 Å². The van der Waals surface area contributed by atoms with Crippen LogP contribution in [-0.4, -0.2) is 80.4 Å². The molecule has 274 valence electrons. The summed E-state index contributed by atoms with van der Waals surface area (Å²) in [6.45, 7) is 20.3. The van der Waals surface area contributed by atoms with Crippen LogP contribution in [0.15, 0.2) is 24.3 Å². The van der Waals surface area contributed by atoms with Crippen LogP contribution in [0.4, 0.5) is 15.3 Å². The third-order valence-corrected chi connectivity index (χ3v) is 6.48. The molecule has 1 N–H and O–H groups in total. The fraction of sp³-hybridized carbons (Fsp3) is 0.706. The predicted molar refractivity (Wildman–Crippen MR) is 182 cm³/mol. The lowest BCUT2D eigenvalue weighted by Gasteiger charge is -2.28. The highest BCUT2D eigenvalue weighted by molar-refractivity contribution is 7.85. The van der Waals surface area contributed by atoms with Crippen LogP contribution in [0.2, 0.25) is 0 Å². The van der Waals surface area contributed by atoms with E-state index < -0.39 is 68.6 Å². The average Bonchev–Trinajstić information content (AvgIpc) is 2.83. The standard InChI is InChI=1S/C34H56N2O11S/c1-31(2,3)44-27(37)24(16-19-26(28(38)45-32(4,5)6)35-29(39)46-33(7,8)9)22-23-14-17-25(18-15-23)36(20-21-43-48(13,41)42)30(40)47-34(10,11)12/h14-15,17-18,24,26H,16,19-22H2,1-13H3,(H,35,39)/t24?,26-/m0/s1. The van der Waals surface area contributed by atoms with E-state index in [4.69, 9.17) is 23.1 Å². The first-order chi connectivity index (χ1) is 21.5. The van der Waals surface area contributed by atoms with E-state index in [1.807, 2.05) is 0 Å². The maximum absolute atomic E-state index is 13.4. The minimum absolute atomic E-state index is 0.0584. The van der Waals surface area contributed by atoms with Crippen molar-refractivity contribution in [2.75, 3.05) is 24.3 Å². The van der Waals surface area contributed by atoms with E-state index in [9.17, 15) is 27.6 Å². The molecule has 13 nitrogen and oxygen atoms in total. The van der Waals surface area contributed by atoms with E-state index in [1.165, 1.54) is 4.90 Å². The summed E-state index contributed by atoms with van der Waals surface area (Å²) < 4.78 is 49.9. The Morgan fingerprint density at radius 2 is 1.19 bits per heavy atom. The lowest BCUT2D eigenvalue weighted by Crippen LogP contribution is -2.46. The van der Waals surface area contributed by atoms with E-state index >= 15 is 0 Å². The fourth-order valence-corrected chi connectivity index (χ4v) is 4.52. The minimum Gasteiger partial charge on any atom is -0.460 e. The van der Waals surface area contributed by atoms with E-state index in [-0.39, 0.29) is 32.4 Å². The Kier molecular flexibility index (Phi) is 14.9. The number of anilines is 1. The van der Waals surface area contributed by atoms with Crippen molar-refractivity contribution in [2.45, 2.75) is 131 Å². The molecule has 1 aromatic carbocycles. The summed E-state index contributed by atoms with van der Waals surface area (Å²) in [5.74, 6) is -1.87. The van der Waals surface area contributed by atoms with Gasteiger partial charge in [0.1, 0.15) is 28.4 Å². The molecule has 0 fully saturated rings. The van der Waals surface area contributed by atoms with Gasteiger partial charge in [-0.2, -0.15) is 8.42 Å². The number of alkyl carbamates (subject to hydrolysis) is 1. The van der Waals surface area contributed by atoms with Gasteiger partial charge in [0, 0.05) is 5.69 Å². The Morgan fingerprint density at radius 3 is 1.65 bits per heavy atom. The number of benzene rings is 1. The molecule has 0 saturated heterocycles. The molecule has 0 spiro atoms. The summed E-state index contributed by atoms with van der Waals surface area (Å²) in [4.78, 5) is 53.4. The second kappa shape index (κ2) is 16.8. The van der Waals surface area contributed by atoms with Crippen LogP contribution in [0.5, 0.6) is 0 Å². The van der Waals surface area contributed by atoms with Gasteiger partial charge in [-0.3, -0.25) is 13.9 Å². The highest BCUT2D eigenvalue weighted by atomic mass is 32.2. The lowest BCUT2D eigenvalue weighted by atomic mass is 9.92. The molecular weight excluding hydrogens is 644 g/mol. The molecule has 1 aromatic rings. The first-order valence-corrected chi connectivity index (χ1v) is 17.7. The van der Waals surface area contributed by atoms with Gasteiger partial charge in [-0.15, -0.1) is 0 Å². The molecule has 0 bridgehead atoms. The minimum atomic E-state index is -3.73. The summed E-state index contributed by atoms with van der Waals surface area (Å²) in [5, 5.41) is 2.59. The first-order valence-electron chi connectivity index (χ1n) is 15.9. The molecule has 2 atom stereocenters. The van der Waals surface area contributed by atoms with Gasteiger partial charge >= 0.3 is 24.1 Å². The number of carbonyl (C=O) groups excluding carboxylic acids is 4. The van der Waals surface area contributed by atoms with Crippen molar-refractivity contribution in [1.82, 2.24) is 5.32 Å². The molecule has 0 heterocycles. The molecule has 14 heteroatoms. The second-order valence-corrected chi connectivity index (χ2v) is 17.2. The summed E-state index contributed by atoms with van der Waals surface area (Å²) >= 11 is 0. The number of nitrogens with one attached hydrogen (secondary N) is 1. The Balaban J connectivity index is 3.32. The van der Waals surface area contributed by atoms with Crippen LogP contribution in [0, 0.1) is 5.92 Å². The Labute approximate surface area is 286 Å². The number of esters is 2.